The Balaban J connectivity index is 1.52. The molecule has 0 aliphatic carbocycles. The number of methoxy groups -OCH3 is 1. The van der Waals surface area contributed by atoms with E-state index in [0.29, 0.717) is 21.9 Å². The van der Waals surface area contributed by atoms with Crippen molar-refractivity contribution in [2.24, 2.45) is 0 Å². The Hall–Kier alpha value is -2.34. The Kier molecular flexibility index (Phi) is 5.90. The molecule has 0 bridgehead atoms. The third kappa shape index (κ3) is 3.90. The van der Waals surface area contributed by atoms with Gasteiger partial charge in [-0.3, -0.25) is 9.69 Å². The van der Waals surface area contributed by atoms with E-state index in [-0.39, 0.29) is 12.0 Å². The lowest BCUT2D eigenvalue weighted by Crippen LogP contribution is -2.39. The monoisotopic (exact) mass is 412 g/mol. The molecule has 2 heterocycles. The van der Waals surface area contributed by atoms with Crippen LogP contribution in [0.5, 0.6) is 5.75 Å². The molecule has 1 saturated heterocycles. The first kappa shape index (κ1) is 20.0. The van der Waals surface area contributed by atoms with Gasteiger partial charge in [0.25, 0.3) is 5.91 Å². The third-order valence-corrected chi connectivity index (χ3v) is 5.92. The van der Waals surface area contributed by atoms with E-state index in [1.54, 1.807) is 12.0 Å². The Morgan fingerprint density at radius 3 is 2.55 bits per heavy atom. The van der Waals surface area contributed by atoms with Crippen molar-refractivity contribution in [3.63, 3.8) is 0 Å². The number of carbonyl (C=O) groups excluding carboxylic acids is 1. The summed E-state index contributed by atoms with van der Waals surface area (Å²) >= 11 is 6.69. The van der Waals surface area contributed by atoms with Crippen molar-refractivity contribution in [2.75, 3.05) is 38.3 Å². The number of hydrogen-bond donors (Lipinski definition) is 0. The lowest BCUT2D eigenvalue weighted by atomic mass is 10.1. The highest BCUT2D eigenvalue weighted by Gasteiger charge is 2.35. The first-order chi connectivity index (χ1) is 14.1. The number of para-hydroxylation sites is 1. The van der Waals surface area contributed by atoms with Crippen molar-refractivity contribution >= 4 is 34.5 Å². The van der Waals surface area contributed by atoms with E-state index in [4.69, 9.17) is 21.1 Å². The summed E-state index contributed by atoms with van der Waals surface area (Å²) in [5.74, 6) is 0.460. The smallest absolute Gasteiger partial charge is 0.262 e. The molecule has 0 unspecified atom stereocenters. The standard InChI is InChI=1S/C23H25ClN2O3/c1-16-21-19(26(23(16)27)17-6-4-3-5-7-17)8-9-20(22(21)24)29-18-10-12-25(13-11-18)14-15-28-2/h3-9,18H,1,10-15H2,2H3. The Bertz CT molecular complexity index is 908. The Morgan fingerprint density at radius 2 is 1.86 bits per heavy atom. The van der Waals surface area contributed by atoms with Crippen LogP contribution in [-0.2, 0) is 9.53 Å². The number of nitrogens with zero attached hydrogens (tertiary/aromatic N) is 2. The highest BCUT2D eigenvalue weighted by Crippen LogP contribution is 2.47. The Labute approximate surface area is 176 Å². The molecule has 29 heavy (non-hydrogen) atoms. The fourth-order valence-corrected chi connectivity index (χ4v) is 4.26. The van der Waals surface area contributed by atoms with E-state index in [2.05, 4.69) is 11.5 Å². The number of ether oxygens (including phenoxy) is 2. The molecule has 2 aromatic carbocycles. The number of fused-ring (bicyclic) bond motifs is 1. The first-order valence-corrected chi connectivity index (χ1v) is 10.3. The van der Waals surface area contributed by atoms with Gasteiger partial charge in [0.2, 0.25) is 0 Å². The highest BCUT2D eigenvalue weighted by atomic mass is 35.5. The van der Waals surface area contributed by atoms with Gasteiger partial charge in [-0.1, -0.05) is 36.4 Å². The fraction of sp³-hybridized carbons (Fsp3) is 0.348. The minimum atomic E-state index is -0.156. The molecule has 2 aliphatic rings. The number of likely N-dealkylation sites (tertiary alicyclic amines) is 1. The molecule has 0 spiro atoms. The van der Waals surface area contributed by atoms with Crippen LogP contribution < -0.4 is 9.64 Å². The highest BCUT2D eigenvalue weighted by molar-refractivity contribution is 6.42. The SMILES string of the molecule is C=C1C(=O)N(c2ccccc2)c2ccc(OC3CCN(CCOC)CC3)c(Cl)c21. The van der Waals surface area contributed by atoms with Gasteiger partial charge in [0, 0.05) is 43.6 Å². The number of hydrogen-bond acceptors (Lipinski definition) is 4. The third-order valence-electron chi connectivity index (χ3n) is 5.54. The molecule has 2 aliphatic heterocycles. The molecule has 6 heteroatoms. The molecular formula is C23H25ClN2O3. The summed E-state index contributed by atoms with van der Waals surface area (Å²) in [5.41, 5.74) is 2.60. The van der Waals surface area contributed by atoms with E-state index in [1.165, 1.54) is 0 Å². The summed E-state index contributed by atoms with van der Waals surface area (Å²) in [4.78, 5) is 16.9. The lowest BCUT2D eigenvalue weighted by Gasteiger charge is -2.32. The molecule has 1 fully saturated rings. The van der Waals surface area contributed by atoms with E-state index < -0.39 is 0 Å². The average molecular weight is 413 g/mol. The molecule has 0 atom stereocenters. The maximum Gasteiger partial charge on any atom is 0.262 e. The van der Waals surface area contributed by atoms with Crippen molar-refractivity contribution in [1.29, 1.82) is 0 Å². The molecule has 0 N–H and O–H groups in total. The topological polar surface area (TPSA) is 42.0 Å². The molecule has 2 aromatic rings. The van der Waals surface area contributed by atoms with E-state index in [9.17, 15) is 4.79 Å². The van der Waals surface area contributed by atoms with Crippen LogP contribution in [0.15, 0.2) is 49.0 Å². The predicted octanol–water partition coefficient (Wildman–Crippen LogP) is 4.52. The van der Waals surface area contributed by atoms with Gasteiger partial charge in [0.1, 0.15) is 11.9 Å². The van der Waals surface area contributed by atoms with Crippen LogP contribution in [0.4, 0.5) is 11.4 Å². The van der Waals surface area contributed by atoms with Gasteiger partial charge >= 0.3 is 0 Å². The van der Waals surface area contributed by atoms with Gasteiger partial charge in [0.05, 0.1) is 17.3 Å². The second kappa shape index (κ2) is 8.57. The van der Waals surface area contributed by atoms with Crippen molar-refractivity contribution in [1.82, 2.24) is 4.90 Å². The second-order valence-electron chi connectivity index (χ2n) is 7.38. The predicted molar refractivity (Wildman–Crippen MR) is 116 cm³/mol. The number of carbonyl (C=O) groups is 1. The van der Waals surface area contributed by atoms with Crippen molar-refractivity contribution in [3.8, 4) is 5.75 Å². The number of rotatable bonds is 6. The maximum absolute atomic E-state index is 12.8. The molecule has 5 nitrogen and oxygen atoms in total. The minimum absolute atomic E-state index is 0.111. The summed E-state index contributed by atoms with van der Waals surface area (Å²) in [6.07, 6.45) is 1.99. The zero-order chi connectivity index (χ0) is 20.4. The van der Waals surface area contributed by atoms with Gasteiger partial charge in [0.15, 0.2) is 0 Å². The van der Waals surface area contributed by atoms with Gasteiger partial charge in [-0.15, -0.1) is 0 Å². The first-order valence-electron chi connectivity index (χ1n) is 9.89. The number of amides is 1. The van der Waals surface area contributed by atoms with Gasteiger partial charge < -0.3 is 14.4 Å². The summed E-state index contributed by atoms with van der Waals surface area (Å²) in [5, 5.41) is 0.459. The molecular weight excluding hydrogens is 388 g/mol. The summed E-state index contributed by atoms with van der Waals surface area (Å²) < 4.78 is 11.4. The van der Waals surface area contributed by atoms with Gasteiger partial charge in [-0.25, -0.2) is 0 Å². The minimum Gasteiger partial charge on any atom is -0.489 e. The summed E-state index contributed by atoms with van der Waals surface area (Å²) in [7, 11) is 1.73. The van der Waals surface area contributed by atoms with Crippen LogP contribution in [0.1, 0.15) is 18.4 Å². The van der Waals surface area contributed by atoms with E-state index >= 15 is 0 Å². The van der Waals surface area contributed by atoms with Crippen LogP contribution in [-0.4, -0.2) is 50.3 Å². The van der Waals surface area contributed by atoms with Crippen LogP contribution in [0.2, 0.25) is 5.02 Å². The van der Waals surface area contributed by atoms with Crippen LogP contribution in [0.25, 0.3) is 5.57 Å². The number of anilines is 2. The van der Waals surface area contributed by atoms with Crippen molar-refractivity contribution in [2.45, 2.75) is 18.9 Å². The lowest BCUT2D eigenvalue weighted by molar-refractivity contribution is -0.112. The quantitative estimate of drug-likeness (QED) is 0.654. The zero-order valence-corrected chi connectivity index (χ0v) is 17.3. The average Bonchev–Trinajstić information content (AvgIpc) is 3.01. The number of benzene rings is 2. The Morgan fingerprint density at radius 1 is 1.14 bits per heavy atom. The summed E-state index contributed by atoms with van der Waals surface area (Å²) in [6.45, 7) is 7.63. The van der Waals surface area contributed by atoms with Gasteiger partial charge in [-0.2, -0.15) is 0 Å². The molecule has 152 valence electrons. The molecule has 0 radical (unpaired) electrons. The van der Waals surface area contributed by atoms with Crippen molar-refractivity contribution in [3.05, 3.63) is 59.6 Å². The van der Waals surface area contributed by atoms with Crippen LogP contribution in [0, 0.1) is 0 Å². The maximum atomic E-state index is 12.8. The van der Waals surface area contributed by atoms with E-state index in [0.717, 1.165) is 50.5 Å². The molecule has 4 rings (SSSR count). The van der Waals surface area contributed by atoms with Crippen LogP contribution >= 0.6 is 11.6 Å². The van der Waals surface area contributed by atoms with Crippen LogP contribution in [0.3, 0.4) is 0 Å². The largest absolute Gasteiger partial charge is 0.489 e. The zero-order valence-electron chi connectivity index (χ0n) is 16.6. The van der Waals surface area contributed by atoms with E-state index in [1.807, 2.05) is 42.5 Å². The normalized spacial score (nSPS) is 17.7. The van der Waals surface area contributed by atoms with Crippen molar-refractivity contribution < 1.29 is 14.3 Å². The number of piperidine rings is 1. The fourth-order valence-electron chi connectivity index (χ4n) is 3.95. The van der Waals surface area contributed by atoms with Gasteiger partial charge in [-0.05, 0) is 37.1 Å². The number of halogens is 1. The molecule has 1 amide bonds. The summed E-state index contributed by atoms with van der Waals surface area (Å²) in [6, 6.07) is 13.3. The molecule has 0 saturated carbocycles. The molecule has 0 aromatic heterocycles. The second-order valence-corrected chi connectivity index (χ2v) is 7.76.